The third kappa shape index (κ3) is 16.6. The summed E-state index contributed by atoms with van der Waals surface area (Å²) in [6.45, 7) is 35.1. The zero-order valence-corrected chi connectivity index (χ0v) is 51.2. The quantitative estimate of drug-likeness (QED) is 0.0444. The molecule has 0 spiro atoms. The minimum atomic E-state index is -1.10. The van der Waals surface area contributed by atoms with E-state index in [1.807, 2.05) is 69.2 Å². The molecule has 5 rings (SSSR count). The SMILES string of the molecule is CC(C)OC(=O)NC[C@@H](NC(=O)N[C@H](C(=O)N1C[C@H]2[C@@H]([C@H]1C(=O)NC(CC1CCC1)C(=O)C(N)=O)C2(C)C)C(C)(C)C)C(C)C.COC(=O)[C@@H]1[C@@H]2[C@H](CN1C(=O)[C@@H](NC(=O)NC(CNC(=O)OC(C)C)C(C)C)C(C)(C)C)C2(C)C. The van der Waals surface area contributed by atoms with E-state index in [0.717, 1.165) is 19.3 Å². The van der Waals surface area contributed by atoms with E-state index in [0.29, 0.717) is 19.5 Å². The number of carbonyl (C=O) groups is 10. The van der Waals surface area contributed by atoms with E-state index in [1.54, 1.807) is 32.6 Å². The normalized spacial score (nSPS) is 24.2. The second-order valence-electron chi connectivity index (χ2n) is 27.3. The summed E-state index contributed by atoms with van der Waals surface area (Å²) in [6.07, 6.45) is 1.52. The van der Waals surface area contributed by atoms with Crippen molar-refractivity contribution in [3.05, 3.63) is 0 Å². The average Bonchev–Trinajstić information content (AvgIpc) is 3.76. The van der Waals surface area contributed by atoms with Gasteiger partial charge >= 0.3 is 30.2 Å². The molecule has 23 heteroatoms. The molecule has 0 bridgehead atoms. The summed E-state index contributed by atoms with van der Waals surface area (Å²) in [5.74, 6) is -3.14. The highest BCUT2D eigenvalue weighted by molar-refractivity contribution is 6.37. The number of hydrogen-bond acceptors (Lipinski definition) is 13. The van der Waals surface area contributed by atoms with Crippen LogP contribution in [0.2, 0.25) is 0 Å². The number of fused-ring (bicyclic) bond motifs is 2. The lowest BCUT2D eigenvalue weighted by molar-refractivity contribution is -0.154. The summed E-state index contributed by atoms with van der Waals surface area (Å²) >= 11 is 0. The van der Waals surface area contributed by atoms with Gasteiger partial charge in [0.15, 0.2) is 0 Å². The summed E-state index contributed by atoms with van der Waals surface area (Å²) in [4.78, 5) is 132. The van der Waals surface area contributed by atoms with Gasteiger partial charge < -0.3 is 67.0 Å². The van der Waals surface area contributed by atoms with Crippen LogP contribution < -0.4 is 43.0 Å². The van der Waals surface area contributed by atoms with Gasteiger partial charge in [-0.25, -0.2) is 24.0 Å². The van der Waals surface area contributed by atoms with Gasteiger partial charge in [-0.15, -0.1) is 0 Å². The molecule has 2 heterocycles. The summed E-state index contributed by atoms with van der Waals surface area (Å²) in [6, 6.07) is -6.34. The largest absolute Gasteiger partial charge is 0.467 e. The summed E-state index contributed by atoms with van der Waals surface area (Å²) in [7, 11) is 1.33. The van der Waals surface area contributed by atoms with Gasteiger partial charge in [-0.2, -0.15) is 0 Å². The van der Waals surface area contributed by atoms with Gasteiger partial charge in [0.1, 0.15) is 24.2 Å². The molecule has 2 aliphatic heterocycles. The Morgan fingerprint density at radius 2 is 0.975 bits per heavy atom. The average molecular weight is 1130 g/mol. The van der Waals surface area contributed by atoms with Crippen LogP contribution in [0.25, 0.3) is 0 Å². The van der Waals surface area contributed by atoms with Crippen LogP contribution in [0.1, 0.15) is 150 Å². The molecule has 0 aromatic rings. The molecule has 23 nitrogen and oxygen atoms in total. The Balaban J connectivity index is 0.000000356. The zero-order chi connectivity index (χ0) is 60.9. The highest BCUT2D eigenvalue weighted by Gasteiger charge is 2.71. The van der Waals surface area contributed by atoms with Crippen LogP contribution in [0, 0.1) is 63.1 Å². The lowest BCUT2D eigenvalue weighted by atomic mass is 9.80. The molecule has 80 heavy (non-hydrogen) atoms. The first-order valence-electron chi connectivity index (χ1n) is 28.6. The number of piperidine rings is 2. The van der Waals surface area contributed by atoms with Crippen molar-refractivity contribution < 1.29 is 62.2 Å². The highest BCUT2D eigenvalue weighted by atomic mass is 16.6. The maximum Gasteiger partial charge on any atom is 0.407 e. The number of likely N-dealkylation sites (tertiary alicyclic amines) is 2. The van der Waals surface area contributed by atoms with E-state index in [4.69, 9.17) is 19.9 Å². The fourth-order valence-electron chi connectivity index (χ4n) is 11.6. The Morgan fingerprint density at radius 3 is 1.30 bits per heavy atom. The van der Waals surface area contributed by atoms with Gasteiger partial charge in [-0.05, 0) is 91.3 Å². The number of Topliss-reactive ketones (excluding diaryl/α,β-unsaturated/α-hetero) is 1. The molecular formula is C57H98N10O13. The Kier molecular flexibility index (Phi) is 21.9. The van der Waals surface area contributed by atoms with Gasteiger partial charge in [0.05, 0.1) is 37.4 Å². The van der Waals surface area contributed by atoms with Crippen molar-refractivity contribution in [3.63, 3.8) is 0 Å². The van der Waals surface area contributed by atoms with Crippen molar-refractivity contribution in [1.82, 2.24) is 47.0 Å². The number of methoxy groups -OCH3 is 1. The number of alkyl carbamates (subject to hydrolysis) is 2. The lowest BCUT2D eigenvalue weighted by Gasteiger charge is -2.38. The molecule has 10 amide bonds. The van der Waals surface area contributed by atoms with E-state index in [2.05, 4.69) is 64.9 Å². The number of ketones is 1. The number of primary amides is 1. The lowest BCUT2D eigenvalue weighted by Crippen LogP contribution is -2.62. The summed E-state index contributed by atoms with van der Waals surface area (Å²) in [5, 5.41) is 19.5. The third-order valence-electron chi connectivity index (χ3n) is 17.0. The topological polar surface area (TPSA) is 315 Å². The molecule has 3 saturated carbocycles. The smallest absolute Gasteiger partial charge is 0.407 e. The van der Waals surface area contributed by atoms with Crippen molar-refractivity contribution in [2.75, 3.05) is 33.3 Å². The number of ether oxygens (including phenoxy) is 3. The highest BCUT2D eigenvalue weighted by Crippen LogP contribution is 2.66. The Morgan fingerprint density at radius 1 is 0.588 bits per heavy atom. The Hall–Kier alpha value is -5.90. The molecule has 2 unspecified atom stereocenters. The molecular weight excluding hydrogens is 1030 g/mol. The number of carbonyl (C=O) groups excluding carboxylic acids is 10. The van der Waals surface area contributed by atoms with Gasteiger partial charge in [-0.1, -0.05) is 116 Å². The molecule has 5 fully saturated rings. The number of rotatable bonds is 21. The van der Waals surface area contributed by atoms with Gasteiger partial charge in [0, 0.05) is 32.1 Å². The minimum Gasteiger partial charge on any atom is -0.467 e. The standard InChI is InChI=1S/C32H54N6O7.C25H44N4O6/c1-16(2)21(14-34-30(44)45-17(3)4)36-29(43)37-25(31(5,6)7)28(42)38-15-19-22(32(19,8)9)23(38)27(41)35-20(24(39)26(33)40)13-18-11-10-12-18;1-13(2)16(11-26-23(33)35-14(3)4)27-22(32)28-19(24(5,6)7)20(30)29-12-15-17(25(15,8)9)18(29)21(31)34-10/h16-23,25H,10-15H2,1-9H3,(H2,33,40)(H,34,44)(H,35,41)(H2,36,37,43);13-19H,11-12H2,1-10H3,(H,26,33)(H2,27,28,32)/t19-,20?,21+,22-,23-,25+;15-,16?,17-,18-,19+/m00/s1. The number of amides is 10. The molecule has 11 atom stereocenters. The van der Waals surface area contributed by atoms with Crippen LogP contribution in [0.5, 0.6) is 0 Å². The molecule has 0 aromatic heterocycles. The summed E-state index contributed by atoms with van der Waals surface area (Å²) in [5.41, 5.74) is 3.78. The number of hydrogen-bond donors (Lipinski definition) is 8. The van der Waals surface area contributed by atoms with Crippen LogP contribution in [0.3, 0.4) is 0 Å². The van der Waals surface area contributed by atoms with E-state index < -0.39 is 101 Å². The first kappa shape index (κ1) is 66.6. The van der Waals surface area contributed by atoms with Crippen LogP contribution in [0.15, 0.2) is 0 Å². The molecule has 2 saturated heterocycles. The van der Waals surface area contributed by atoms with Crippen LogP contribution >= 0.6 is 0 Å². The predicted octanol–water partition coefficient (Wildman–Crippen LogP) is 4.59. The number of nitrogens with zero attached hydrogens (tertiary/aromatic N) is 2. The van der Waals surface area contributed by atoms with Gasteiger partial charge in [0.25, 0.3) is 5.91 Å². The van der Waals surface area contributed by atoms with Crippen LogP contribution in [0.4, 0.5) is 19.2 Å². The Labute approximate surface area is 474 Å². The summed E-state index contributed by atoms with van der Waals surface area (Å²) < 4.78 is 15.2. The third-order valence-corrected chi connectivity index (χ3v) is 17.0. The maximum absolute atomic E-state index is 14.2. The van der Waals surface area contributed by atoms with Gasteiger partial charge in [-0.3, -0.25) is 24.0 Å². The van der Waals surface area contributed by atoms with E-state index in [1.165, 1.54) is 12.0 Å². The number of nitrogens with one attached hydrogen (secondary N) is 7. The van der Waals surface area contributed by atoms with Crippen molar-refractivity contribution in [3.8, 4) is 0 Å². The van der Waals surface area contributed by atoms with Crippen molar-refractivity contribution in [2.24, 2.45) is 68.8 Å². The number of nitrogens with two attached hydrogens (primary N) is 1. The fourth-order valence-corrected chi connectivity index (χ4v) is 11.6. The van der Waals surface area contributed by atoms with Crippen LogP contribution in [-0.2, 0) is 43.0 Å². The van der Waals surface area contributed by atoms with Gasteiger partial charge in [0.2, 0.25) is 23.5 Å². The molecule has 5 aliphatic rings. The monoisotopic (exact) mass is 1130 g/mol. The molecule has 3 aliphatic carbocycles. The first-order valence-corrected chi connectivity index (χ1v) is 28.6. The fraction of sp³-hybridized carbons (Fsp3) is 0.825. The van der Waals surface area contributed by atoms with Crippen molar-refractivity contribution >= 4 is 59.6 Å². The van der Waals surface area contributed by atoms with E-state index in [9.17, 15) is 47.9 Å². The maximum atomic E-state index is 14.2. The Bertz CT molecular complexity index is 2290. The van der Waals surface area contributed by atoms with E-state index in [-0.39, 0.29) is 89.5 Å². The van der Waals surface area contributed by atoms with Crippen molar-refractivity contribution in [2.45, 2.75) is 205 Å². The molecule has 9 N–H and O–H groups in total. The second kappa shape index (κ2) is 26.3. The van der Waals surface area contributed by atoms with Crippen LogP contribution in [-0.4, -0.2) is 157 Å². The minimum absolute atomic E-state index is 0.0144. The predicted molar refractivity (Wildman–Crippen MR) is 299 cm³/mol. The molecule has 0 aromatic carbocycles. The van der Waals surface area contributed by atoms with Crippen molar-refractivity contribution in [1.29, 1.82) is 0 Å². The number of esters is 1. The second-order valence-corrected chi connectivity index (χ2v) is 27.3. The molecule has 454 valence electrons. The van der Waals surface area contributed by atoms with E-state index >= 15 is 0 Å². The zero-order valence-electron chi connectivity index (χ0n) is 51.2. The first-order chi connectivity index (χ1) is 36.8. The molecule has 0 radical (unpaired) electrons. The number of urea groups is 2.